The fourth-order valence-corrected chi connectivity index (χ4v) is 4.17. The van der Waals surface area contributed by atoms with E-state index < -0.39 is 9.84 Å². The molecule has 2 heterocycles. The lowest BCUT2D eigenvalue weighted by Gasteiger charge is -2.49. The van der Waals surface area contributed by atoms with Crippen LogP contribution in [0.5, 0.6) is 0 Å². The zero-order valence-electron chi connectivity index (χ0n) is 13.5. The van der Waals surface area contributed by atoms with Crippen molar-refractivity contribution in [3.8, 4) is 0 Å². The molecule has 2 fully saturated rings. The molecule has 0 aromatic heterocycles. The van der Waals surface area contributed by atoms with Crippen LogP contribution >= 0.6 is 0 Å². The Bertz CT molecular complexity index is 482. The second-order valence-electron chi connectivity index (χ2n) is 6.49. The Morgan fingerprint density at radius 2 is 2.00 bits per heavy atom. The van der Waals surface area contributed by atoms with Gasteiger partial charge in [0.2, 0.25) is 5.91 Å². The number of amides is 1. The van der Waals surface area contributed by atoms with E-state index in [1.54, 1.807) is 4.90 Å². The SMILES string of the molecule is CCOC[C@@H]1COCCC12CCN(C(=O)CS(C)(=O)=O)CC2. The van der Waals surface area contributed by atoms with Crippen molar-refractivity contribution in [2.24, 2.45) is 11.3 Å². The maximum absolute atomic E-state index is 12.0. The van der Waals surface area contributed by atoms with Crippen molar-refractivity contribution < 1.29 is 22.7 Å². The van der Waals surface area contributed by atoms with Gasteiger partial charge in [0.25, 0.3) is 0 Å². The molecular formula is C15H27NO5S. The predicted molar refractivity (Wildman–Crippen MR) is 83.4 cm³/mol. The first kappa shape index (κ1) is 17.7. The summed E-state index contributed by atoms with van der Waals surface area (Å²) in [4.78, 5) is 13.7. The fraction of sp³-hybridized carbons (Fsp3) is 0.933. The van der Waals surface area contributed by atoms with Gasteiger partial charge >= 0.3 is 0 Å². The molecule has 22 heavy (non-hydrogen) atoms. The van der Waals surface area contributed by atoms with Crippen LogP contribution in [0, 0.1) is 11.3 Å². The molecule has 0 aliphatic carbocycles. The minimum atomic E-state index is -3.26. The summed E-state index contributed by atoms with van der Waals surface area (Å²) in [7, 11) is -3.26. The number of piperidine rings is 1. The van der Waals surface area contributed by atoms with Crippen molar-refractivity contribution in [3.63, 3.8) is 0 Å². The summed E-state index contributed by atoms with van der Waals surface area (Å²) in [6.07, 6.45) is 3.92. The highest BCUT2D eigenvalue weighted by molar-refractivity contribution is 7.91. The summed E-state index contributed by atoms with van der Waals surface area (Å²) in [5.74, 6) is -0.287. The van der Waals surface area contributed by atoms with Gasteiger partial charge < -0.3 is 14.4 Å². The summed E-state index contributed by atoms with van der Waals surface area (Å²) in [6.45, 7) is 6.15. The molecule has 6 nitrogen and oxygen atoms in total. The second kappa shape index (κ2) is 7.27. The van der Waals surface area contributed by atoms with Gasteiger partial charge in [-0.3, -0.25) is 4.79 Å². The van der Waals surface area contributed by atoms with Gasteiger partial charge in [-0.05, 0) is 31.6 Å². The number of hydrogen-bond donors (Lipinski definition) is 0. The number of ether oxygens (including phenoxy) is 2. The first-order valence-corrected chi connectivity index (χ1v) is 10.0. The molecule has 0 unspecified atom stereocenters. The summed E-state index contributed by atoms with van der Waals surface area (Å²) in [5.41, 5.74) is 0.176. The van der Waals surface area contributed by atoms with Crippen LogP contribution in [0.3, 0.4) is 0 Å². The number of likely N-dealkylation sites (tertiary alicyclic amines) is 1. The van der Waals surface area contributed by atoms with Crippen LogP contribution in [0.15, 0.2) is 0 Å². The molecule has 1 atom stereocenters. The number of nitrogens with zero attached hydrogens (tertiary/aromatic N) is 1. The number of sulfone groups is 1. The van der Waals surface area contributed by atoms with Crippen molar-refractivity contribution in [2.75, 3.05) is 51.5 Å². The van der Waals surface area contributed by atoms with Crippen LogP contribution < -0.4 is 0 Å². The molecule has 0 N–H and O–H groups in total. The fourth-order valence-electron chi connectivity index (χ4n) is 3.54. The maximum Gasteiger partial charge on any atom is 0.237 e. The topological polar surface area (TPSA) is 72.9 Å². The summed E-state index contributed by atoms with van der Waals surface area (Å²) in [5, 5.41) is 0. The highest BCUT2D eigenvalue weighted by Gasteiger charge is 2.44. The predicted octanol–water partition coefficient (Wildman–Crippen LogP) is 0.713. The van der Waals surface area contributed by atoms with Crippen LogP contribution in [0.4, 0.5) is 0 Å². The van der Waals surface area contributed by atoms with Crippen molar-refractivity contribution in [3.05, 3.63) is 0 Å². The number of hydrogen-bond acceptors (Lipinski definition) is 5. The molecule has 2 aliphatic heterocycles. The average molecular weight is 333 g/mol. The molecule has 2 saturated heterocycles. The zero-order valence-corrected chi connectivity index (χ0v) is 14.4. The van der Waals surface area contributed by atoms with Crippen molar-refractivity contribution in [1.29, 1.82) is 0 Å². The van der Waals surface area contributed by atoms with Crippen molar-refractivity contribution >= 4 is 15.7 Å². The van der Waals surface area contributed by atoms with E-state index in [1.165, 1.54) is 0 Å². The maximum atomic E-state index is 12.0. The Morgan fingerprint density at radius 3 is 2.59 bits per heavy atom. The average Bonchev–Trinajstić information content (AvgIpc) is 2.45. The summed E-state index contributed by atoms with van der Waals surface area (Å²) in [6, 6.07) is 0. The highest BCUT2D eigenvalue weighted by atomic mass is 32.2. The highest BCUT2D eigenvalue weighted by Crippen LogP contribution is 2.44. The van der Waals surface area contributed by atoms with E-state index >= 15 is 0 Å². The van der Waals surface area contributed by atoms with Crippen LogP contribution in [0.25, 0.3) is 0 Å². The van der Waals surface area contributed by atoms with E-state index in [-0.39, 0.29) is 17.1 Å². The van der Waals surface area contributed by atoms with E-state index in [1.807, 2.05) is 6.92 Å². The van der Waals surface area contributed by atoms with Gasteiger partial charge in [-0.25, -0.2) is 8.42 Å². The van der Waals surface area contributed by atoms with Gasteiger partial charge in [-0.2, -0.15) is 0 Å². The van der Waals surface area contributed by atoms with Crippen LogP contribution in [-0.2, 0) is 24.1 Å². The monoisotopic (exact) mass is 333 g/mol. The number of carbonyl (C=O) groups excluding carboxylic acids is 1. The Balaban J connectivity index is 1.95. The largest absolute Gasteiger partial charge is 0.381 e. The third-order valence-electron chi connectivity index (χ3n) is 4.95. The Hall–Kier alpha value is -0.660. The Labute approximate surface area is 133 Å². The van der Waals surface area contributed by atoms with E-state index in [0.29, 0.717) is 32.2 Å². The Kier molecular flexibility index (Phi) is 5.85. The first-order valence-electron chi connectivity index (χ1n) is 7.97. The first-order chi connectivity index (χ1) is 10.4. The molecule has 0 aromatic carbocycles. The molecule has 0 saturated carbocycles. The molecular weight excluding hydrogens is 306 g/mol. The van der Waals surface area contributed by atoms with Gasteiger partial charge in [0, 0.05) is 38.5 Å². The molecule has 2 aliphatic rings. The molecule has 0 radical (unpaired) electrons. The standard InChI is InChI=1S/C15H27NO5S/c1-3-20-10-13-11-21-9-6-15(13)4-7-16(8-5-15)14(17)12-22(2,18)19/h13H,3-12H2,1-2H3/t13-/m1/s1. The lowest BCUT2D eigenvalue weighted by Crippen LogP contribution is -2.51. The molecule has 1 spiro atoms. The smallest absolute Gasteiger partial charge is 0.237 e. The lowest BCUT2D eigenvalue weighted by atomic mass is 9.66. The van der Waals surface area contributed by atoms with Crippen molar-refractivity contribution in [2.45, 2.75) is 26.2 Å². The third-order valence-corrected chi connectivity index (χ3v) is 5.72. The van der Waals surface area contributed by atoms with E-state index in [0.717, 1.165) is 38.7 Å². The quantitative estimate of drug-likeness (QED) is 0.741. The van der Waals surface area contributed by atoms with Gasteiger partial charge in [0.15, 0.2) is 9.84 Å². The molecule has 128 valence electrons. The van der Waals surface area contributed by atoms with Crippen LogP contribution in [-0.4, -0.2) is 70.8 Å². The van der Waals surface area contributed by atoms with Crippen molar-refractivity contribution in [1.82, 2.24) is 4.90 Å². The van der Waals surface area contributed by atoms with E-state index in [9.17, 15) is 13.2 Å². The Morgan fingerprint density at radius 1 is 1.32 bits per heavy atom. The molecule has 0 aromatic rings. The normalized spacial score (nSPS) is 25.4. The van der Waals surface area contributed by atoms with Gasteiger partial charge in [0.1, 0.15) is 5.75 Å². The van der Waals surface area contributed by atoms with Crippen LogP contribution in [0.2, 0.25) is 0 Å². The third kappa shape index (κ3) is 4.43. The molecule has 2 rings (SSSR count). The molecule has 7 heteroatoms. The van der Waals surface area contributed by atoms with E-state index in [4.69, 9.17) is 9.47 Å². The second-order valence-corrected chi connectivity index (χ2v) is 8.63. The van der Waals surface area contributed by atoms with E-state index in [2.05, 4.69) is 0 Å². The minimum absolute atomic E-state index is 0.176. The van der Waals surface area contributed by atoms with Gasteiger partial charge in [-0.15, -0.1) is 0 Å². The molecule has 0 bridgehead atoms. The lowest BCUT2D eigenvalue weighted by molar-refractivity contribution is -0.136. The number of carbonyl (C=O) groups is 1. The summed E-state index contributed by atoms with van der Waals surface area (Å²) >= 11 is 0. The number of rotatable bonds is 5. The summed E-state index contributed by atoms with van der Waals surface area (Å²) < 4.78 is 33.7. The zero-order chi connectivity index (χ0) is 16.2. The van der Waals surface area contributed by atoms with Crippen LogP contribution in [0.1, 0.15) is 26.2 Å². The van der Waals surface area contributed by atoms with Gasteiger partial charge in [-0.1, -0.05) is 0 Å². The minimum Gasteiger partial charge on any atom is -0.381 e. The molecule has 1 amide bonds. The van der Waals surface area contributed by atoms with Gasteiger partial charge in [0.05, 0.1) is 13.2 Å².